The predicted molar refractivity (Wildman–Crippen MR) is 51.2 cm³/mol. The summed E-state index contributed by atoms with van der Waals surface area (Å²) < 4.78 is 0. The third kappa shape index (κ3) is 1.44. The molecule has 0 unspecified atom stereocenters. The Balaban J connectivity index is 2.31. The summed E-state index contributed by atoms with van der Waals surface area (Å²) in [7, 11) is 0. The summed E-state index contributed by atoms with van der Waals surface area (Å²) in [5.74, 6) is 0. The van der Waals surface area contributed by atoms with E-state index in [1.165, 1.54) is 31.2 Å². The molecule has 2 rings (SSSR count). The van der Waals surface area contributed by atoms with Crippen LogP contribution in [0.4, 0.5) is 0 Å². The van der Waals surface area contributed by atoms with Crippen molar-refractivity contribution in [2.75, 3.05) is 6.54 Å². The van der Waals surface area contributed by atoms with E-state index < -0.39 is 0 Å². The van der Waals surface area contributed by atoms with E-state index in [9.17, 15) is 0 Å². The molecule has 0 radical (unpaired) electrons. The van der Waals surface area contributed by atoms with E-state index in [0.29, 0.717) is 0 Å². The van der Waals surface area contributed by atoms with Gasteiger partial charge in [0, 0.05) is 24.4 Å². The van der Waals surface area contributed by atoms with Crippen LogP contribution in [0, 0.1) is 0 Å². The fourth-order valence-corrected chi connectivity index (χ4v) is 2.24. The summed E-state index contributed by atoms with van der Waals surface area (Å²) in [6.45, 7) is 0.723. The molecule has 1 aromatic heterocycles. The van der Waals surface area contributed by atoms with E-state index in [2.05, 4.69) is 9.97 Å². The van der Waals surface area contributed by atoms with Crippen LogP contribution in [0.25, 0.3) is 0 Å². The van der Waals surface area contributed by atoms with E-state index in [0.717, 1.165) is 6.54 Å². The highest BCUT2D eigenvalue weighted by molar-refractivity contribution is 5.21. The molecule has 0 amide bonds. The molecule has 0 spiro atoms. The predicted octanol–water partition coefficient (Wildman–Crippen LogP) is 1.25. The number of hydrogen-bond donors (Lipinski definition) is 1. The van der Waals surface area contributed by atoms with E-state index in [1.807, 2.05) is 12.4 Å². The van der Waals surface area contributed by atoms with E-state index in [1.54, 1.807) is 6.33 Å². The van der Waals surface area contributed by atoms with Crippen LogP contribution >= 0.6 is 0 Å². The fourth-order valence-electron chi connectivity index (χ4n) is 2.24. The summed E-state index contributed by atoms with van der Waals surface area (Å²) in [4.78, 5) is 8.11. The number of rotatable bonds is 2. The first-order chi connectivity index (χ1) is 6.37. The van der Waals surface area contributed by atoms with Gasteiger partial charge in [0.2, 0.25) is 0 Å². The molecular weight excluding hydrogens is 162 g/mol. The minimum absolute atomic E-state index is 0.182. The highest BCUT2D eigenvalue weighted by Gasteiger charge is 2.34. The normalized spacial score (nSPS) is 20.4. The Hall–Kier alpha value is -0.960. The Kier molecular flexibility index (Phi) is 2.27. The van der Waals surface area contributed by atoms with Crippen LogP contribution in [0.5, 0.6) is 0 Å². The Labute approximate surface area is 78.4 Å². The van der Waals surface area contributed by atoms with Crippen molar-refractivity contribution in [1.29, 1.82) is 0 Å². The van der Waals surface area contributed by atoms with Gasteiger partial charge < -0.3 is 5.73 Å². The molecule has 1 aromatic rings. The van der Waals surface area contributed by atoms with Crippen molar-refractivity contribution >= 4 is 0 Å². The highest BCUT2D eigenvalue weighted by atomic mass is 14.8. The van der Waals surface area contributed by atoms with Gasteiger partial charge in [-0.3, -0.25) is 0 Å². The van der Waals surface area contributed by atoms with Crippen molar-refractivity contribution in [3.05, 3.63) is 24.3 Å². The topological polar surface area (TPSA) is 51.8 Å². The molecule has 0 aromatic carbocycles. The molecule has 13 heavy (non-hydrogen) atoms. The van der Waals surface area contributed by atoms with Crippen molar-refractivity contribution in [2.24, 2.45) is 5.73 Å². The molecule has 1 saturated carbocycles. The van der Waals surface area contributed by atoms with Gasteiger partial charge in [-0.1, -0.05) is 12.8 Å². The average molecular weight is 177 g/mol. The second kappa shape index (κ2) is 3.42. The highest BCUT2D eigenvalue weighted by Crippen LogP contribution is 2.39. The lowest BCUT2D eigenvalue weighted by Crippen LogP contribution is -2.32. The summed E-state index contributed by atoms with van der Waals surface area (Å²) in [5.41, 5.74) is 7.24. The standard InChI is InChI=1S/C10H15N3/c11-7-10(3-1-2-4-10)9-5-12-8-13-6-9/h5-6,8H,1-4,7,11H2. The zero-order valence-corrected chi connectivity index (χ0v) is 7.74. The van der Waals surface area contributed by atoms with Crippen LogP contribution < -0.4 is 5.73 Å². The lowest BCUT2D eigenvalue weighted by atomic mass is 9.80. The first-order valence-corrected chi connectivity index (χ1v) is 4.83. The van der Waals surface area contributed by atoms with Gasteiger partial charge >= 0.3 is 0 Å². The van der Waals surface area contributed by atoms with Gasteiger partial charge in [0.1, 0.15) is 6.33 Å². The molecule has 70 valence electrons. The first kappa shape index (κ1) is 8.63. The summed E-state index contributed by atoms with van der Waals surface area (Å²) in [5, 5.41) is 0. The SMILES string of the molecule is NCC1(c2cncnc2)CCCC1. The second-order valence-electron chi connectivity index (χ2n) is 3.82. The summed E-state index contributed by atoms with van der Waals surface area (Å²) in [6.07, 6.45) is 10.3. The Morgan fingerprint density at radius 2 is 1.85 bits per heavy atom. The van der Waals surface area contributed by atoms with Crippen molar-refractivity contribution in [3.63, 3.8) is 0 Å². The largest absolute Gasteiger partial charge is 0.330 e. The van der Waals surface area contributed by atoms with Gasteiger partial charge in [-0.25, -0.2) is 9.97 Å². The molecular formula is C10H15N3. The Bertz CT molecular complexity index is 265. The van der Waals surface area contributed by atoms with Crippen LogP contribution in [0.15, 0.2) is 18.7 Å². The van der Waals surface area contributed by atoms with Crippen molar-refractivity contribution in [1.82, 2.24) is 9.97 Å². The average Bonchev–Trinajstić information content (AvgIpc) is 2.69. The zero-order chi connectivity index (χ0) is 9.15. The minimum atomic E-state index is 0.182. The maximum absolute atomic E-state index is 5.85. The number of nitrogens with two attached hydrogens (primary N) is 1. The van der Waals surface area contributed by atoms with Gasteiger partial charge in [-0.2, -0.15) is 0 Å². The monoisotopic (exact) mass is 177 g/mol. The minimum Gasteiger partial charge on any atom is -0.330 e. The third-order valence-corrected chi connectivity index (χ3v) is 3.12. The van der Waals surface area contributed by atoms with E-state index in [4.69, 9.17) is 5.73 Å². The van der Waals surface area contributed by atoms with Gasteiger partial charge in [0.15, 0.2) is 0 Å². The molecule has 2 N–H and O–H groups in total. The molecule has 1 heterocycles. The van der Waals surface area contributed by atoms with Crippen LogP contribution in [0.2, 0.25) is 0 Å². The molecule has 0 aliphatic heterocycles. The lowest BCUT2D eigenvalue weighted by molar-refractivity contribution is 0.449. The maximum Gasteiger partial charge on any atom is 0.115 e. The Morgan fingerprint density at radius 3 is 2.38 bits per heavy atom. The molecule has 0 saturated heterocycles. The molecule has 3 nitrogen and oxygen atoms in total. The van der Waals surface area contributed by atoms with Crippen molar-refractivity contribution < 1.29 is 0 Å². The van der Waals surface area contributed by atoms with Crippen LogP contribution in [0.3, 0.4) is 0 Å². The van der Waals surface area contributed by atoms with Crippen LogP contribution in [-0.4, -0.2) is 16.5 Å². The fraction of sp³-hybridized carbons (Fsp3) is 0.600. The molecule has 0 bridgehead atoms. The summed E-state index contributed by atoms with van der Waals surface area (Å²) in [6, 6.07) is 0. The van der Waals surface area contributed by atoms with Crippen molar-refractivity contribution in [3.8, 4) is 0 Å². The molecule has 3 heteroatoms. The van der Waals surface area contributed by atoms with E-state index in [-0.39, 0.29) is 5.41 Å². The summed E-state index contributed by atoms with van der Waals surface area (Å²) >= 11 is 0. The zero-order valence-electron chi connectivity index (χ0n) is 7.74. The smallest absolute Gasteiger partial charge is 0.115 e. The van der Waals surface area contributed by atoms with Gasteiger partial charge in [-0.05, 0) is 18.4 Å². The Morgan fingerprint density at radius 1 is 1.23 bits per heavy atom. The van der Waals surface area contributed by atoms with Crippen molar-refractivity contribution in [2.45, 2.75) is 31.1 Å². The number of nitrogens with zero attached hydrogens (tertiary/aromatic N) is 2. The van der Waals surface area contributed by atoms with Crippen LogP contribution in [-0.2, 0) is 5.41 Å². The lowest BCUT2D eigenvalue weighted by Gasteiger charge is -2.26. The second-order valence-corrected chi connectivity index (χ2v) is 3.82. The van der Waals surface area contributed by atoms with Gasteiger partial charge in [-0.15, -0.1) is 0 Å². The first-order valence-electron chi connectivity index (χ1n) is 4.83. The van der Waals surface area contributed by atoms with Gasteiger partial charge in [0.25, 0.3) is 0 Å². The third-order valence-electron chi connectivity index (χ3n) is 3.12. The van der Waals surface area contributed by atoms with E-state index >= 15 is 0 Å². The number of aromatic nitrogens is 2. The molecule has 1 aliphatic rings. The number of hydrogen-bond acceptors (Lipinski definition) is 3. The molecule has 0 atom stereocenters. The molecule has 1 aliphatic carbocycles. The van der Waals surface area contributed by atoms with Gasteiger partial charge in [0.05, 0.1) is 0 Å². The maximum atomic E-state index is 5.85. The molecule has 1 fully saturated rings. The van der Waals surface area contributed by atoms with Crippen LogP contribution in [0.1, 0.15) is 31.2 Å². The quantitative estimate of drug-likeness (QED) is 0.739.